The van der Waals surface area contributed by atoms with E-state index in [1.54, 1.807) is 31.2 Å². The fraction of sp³-hybridized carbons (Fsp3) is 0.0625. The van der Waals surface area contributed by atoms with Crippen LogP contribution in [-0.4, -0.2) is 29.7 Å². The lowest BCUT2D eigenvalue weighted by Crippen LogP contribution is -2.14. The molecule has 0 unspecified atom stereocenters. The standard InChI is InChI=1S/C16H12BrN3O5S/c1-9-18-19-15(25-9)11-4-2-3-5-13(11)20-26(23,24)14-7-6-10(16(21)22)8-12(14)17/h2-8,20H,1H3,(H,21,22). The summed E-state index contributed by atoms with van der Waals surface area (Å²) >= 11 is 3.11. The van der Waals surface area contributed by atoms with Crippen LogP contribution in [0.25, 0.3) is 11.5 Å². The van der Waals surface area contributed by atoms with Gasteiger partial charge in [-0.05, 0) is 46.3 Å². The Labute approximate surface area is 157 Å². The summed E-state index contributed by atoms with van der Waals surface area (Å²) in [6.45, 7) is 1.63. The van der Waals surface area contributed by atoms with Crippen LogP contribution in [0.3, 0.4) is 0 Å². The lowest BCUT2D eigenvalue weighted by Gasteiger charge is -2.12. The third-order valence-electron chi connectivity index (χ3n) is 3.40. The fourth-order valence-electron chi connectivity index (χ4n) is 2.22. The van der Waals surface area contributed by atoms with Crippen molar-refractivity contribution in [3.05, 3.63) is 58.4 Å². The molecule has 0 fully saturated rings. The molecule has 0 bridgehead atoms. The van der Waals surface area contributed by atoms with Gasteiger partial charge in [0, 0.05) is 11.4 Å². The number of para-hydroxylation sites is 1. The largest absolute Gasteiger partial charge is 0.478 e. The topological polar surface area (TPSA) is 122 Å². The number of benzene rings is 2. The number of anilines is 1. The van der Waals surface area contributed by atoms with Gasteiger partial charge in [-0.1, -0.05) is 12.1 Å². The number of carboxylic acids is 1. The predicted octanol–water partition coefficient (Wildman–Crippen LogP) is 3.31. The smallest absolute Gasteiger partial charge is 0.335 e. The Bertz CT molecular complexity index is 1090. The summed E-state index contributed by atoms with van der Waals surface area (Å²) < 4.78 is 33.4. The molecule has 26 heavy (non-hydrogen) atoms. The molecule has 10 heteroatoms. The van der Waals surface area contributed by atoms with Gasteiger partial charge in [-0.15, -0.1) is 10.2 Å². The molecule has 0 aliphatic heterocycles. The maximum absolute atomic E-state index is 12.7. The third-order valence-corrected chi connectivity index (χ3v) is 5.74. The second kappa shape index (κ2) is 6.89. The fourth-order valence-corrected chi connectivity index (χ4v) is 4.37. The van der Waals surface area contributed by atoms with E-state index in [9.17, 15) is 13.2 Å². The minimum absolute atomic E-state index is 0.0300. The molecule has 0 saturated heterocycles. The highest BCUT2D eigenvalue weighted by molar-refractivity contribution is 9.10. The van der Waals surface area contributed by atoms with Gasteiger partial charge in [0.2, 0.25) is 11.8 Å². The number of nitrogens with one attached hydrogen (secondary N) is 1. The van der Waals surface area contributed by atoms with Gasteiger partial charge in [-0.3, -0.25) is 4.72 Å². The van der Waals surface area contributed by atoms with E-state index in [2.05, 4.69) is 30.8 Å². The Morgan fingerprint density at radius 2 is 1.92 bits per heavy atom. The maximum Gasteiger partial charge on any atom is 0.335 e. The molecular weight excluding hydrogens is 426 g/mol. The monoisotopic (exact) mass is 437 g/mol. The number of carbonyl (C=O) groups is 1. The van der Waals surface area contributed by atoms with E-state index in [-0.39, 0.29) is 26.5 Å². The summed E-state index contributed by atoms with van der Waals surface area (Å²) in [6, 6.07) is 10.2. The van der Waals surface area contributed by atoms with E-state index < -0.39 is 16.0 Å². The Kier molecular flexibility index (Phi) is 4.79. The number of carboxylic acid groups (broad SMARTS) is 1. The Balaban J connectivity index is 2.00. The van der Waals surface area contributed by atoms with Gasteiger partial charge < -0.3 is 9.52 Å². The van der Waals surface area contributed by atoms with Crippen LogP contribution in [0, 0.1) is 6.92 Å². The van der Waals surface area contributed by atoms with Crippen molar-refractivity contribution in [2.75, 3.05) is 4.72 Å². The van der Waals surface area contributed by atoms with E-state index in [4.69, 9.17) is 9.52 Å². The number of nitrogens with zero attached hydrogens (tertiary/aromatic N) is 2. The van der Waals surface area contributed by atoms with Crippen LogP contribution in [0.4, 0.5) is 5.69 Å². The predicted molar refractivity (Wildman–Crippen MR) is 96.4 cm³/mol. The molecule has 3 aromatic rings. The van der Waals surface area contributed by atoms with Gasteiger partial charge in [0.1, 0.15) is 4.90 Å². The summed E-state index contributed by atoms with van der Waals surface area (Å²) in [5.74, 6) is -0.620. The van der Waals surface area contributed by atoms with E-state index in [1.165, 1.54) is 18.2 Å². The minimum atomic E-state index is -3.99. The lowest BCUT2D eigenvalue weighted by atomic mass is 10.2. The highest BCUT2D eigenvalue weighted by atomic mass is 79.9. The van der Waals surface area contributed by atoms with Crippen molar-refractivity contribution in [3.63, 3.8) is 0 Å². The van der Waals surface area contributed by atoms with E-state index in [1.807, 2.05) is 0 Å². The van der Waals surface area contributed by atoms with Gasteiger partial charge in [0.05, 0.1) is 16.8 Å². The molecule has 0 aliphatic rings. The first kappa shape index (κ1) is 18.1. The van der Waals surface area contributed by atoms with Crippen molar-refractivity contribution in [1.82, 2.24) is 10.2 Å². The molecule has 2 N–H and O–H groups in total. The second-order valence-electron chi connectivity index (χ2n) is 5.23. The summed E-state index contributed by atoms with van der Waals surface area (Å²) in [7, 11) is -3.99. The molecule has 0 atom stereocenters. The number of hydrogen-bond acceptors (Lipinski definition) is 6. The number of sulfonamides is 1. The van der Waals surface area contributed by atoms with Crippen molar-refractivity contribution in [3.8, 4) is 11.5 Å². The number of aryl methyl sites for hydroxylation is 1. The molecule has 3 rings (SSSR count). The molecule has 0 aliphatic carbocycles. The Morgan fingerprint density at radius 1 is 1.19 bits per heavy atom. The lowest BCUT2D eigenvalue weighted by molar-refractivity contribution is 0.0696. The van der Waals surface area contributed by atoms with Crippen LogP contribution in [0.5, 0.6) is 0 Å². The number of aromatic carboxylic acids is 1. The number of halogens is 1. The van der Waals surface area contributed by atoms with Crippen LogP contribution in [-0.2, 0) is 10.0 Å². The van der Waals surface area contributed by atoms with Crippen LogP contribution < -0.4 is 4.72 Å². The average molecular weight is 438 g/mol. The zero-order chi connectivity index (χ0) is 18.9. The molecule has 0 spiro atoms. The van der Waals surface area contributed by atoms with Crippen LogP contribution in [0.15, 0.2) is 56.2 Å². The summed E-state index contributed by atoms with van der Waals surface area (Å²) in [5.41, 5.74) is 0.651. The van der Waals surface area contributed by atoms with E-state index in [0.717, 1.165) is 0 Å². The summed E-state index contributed by atoms with van der Waals surface area (Å²) in [4.78, 5) is 10.9. The molecule has 8 nitrogen and oxygen atoms in total. The highest BCUT2D eigenvalue weighted by Crippen LogP contribution is 2.30. The van der Waals surface area contributed by atoms with Crippen molar-refractivity contribution in [2.45, 2.75) is 11.8 Å². The quantitative estimate of drug-likeness (QED) is 0.627. The summed E-state index contributed by atoms with van der Waals surface area (Å²) in [5, 5.41) is 16.6. The normalized spacial score (nSPS) is 11.3. The molecule has 0 amide bonds. The van der Waals surface area contributed by atoms with E-state index in [0.29, 0.717) is 11.5 Å². The average Bonchev–Trinajstić information content (AvgIpc) is 3.01. The zero-order valence-electron chi connectivity index (χ0n) is 13.3. The molecule has 1 heterocycles. The number of rotatable bonds is 5. The third kappa shape index (κ3) is 3.60. The maximum atomic E-state index is 12.7. The van der Waals surface area contributed by atoms with E-state index >= 15 is 0 Å². The van der Waals surface area contributed by atoms with Gasteiger partial charge in [0.25, 0.3) is 10.0 Å². The minimum Gasteiger partial charge on any atom is -0.478 e. The molecule has 0 saturated carbocycles. The van der Waals surface area contributed by atoms with Gasteiger partial charge in [-0.2, -0.15) is 0 Å². The zero-order valence-corrected chi connectivity index (χ0v) is 15.7. The molecule has 0 radical (unpaired) electrons. The first-order valence-corrected chi connectivity index (χ1v) is 9.51. The SMILES string of the molecule is Cc1nnc(-c2ccccc2NS(=O)(=O)c2ccc(C(=O)O)cc2Br)o1. The van der Waals surface area contributed by atoms with Crippen LogP contribution in [0.2, 0.25) is 0 Å². The molecule has 2 aromatic carbocycles. The van der Waals surface area contributed by atoms with Crippen molar-refractivity contribution < 1.29 is 22.7 Å². The molecule has 134 valence electrons. The van der Waals surface area contributed by atoms with Crippen LogP contribution >= 0.6 is 15.9 Å². The Morgan fingerprint density at radius 3 is 2.54 bits per heavy atom. The van der Waals surface area contributed by atoms with Crippen molar-refractivity contribution >= 4 is 37.6 Å². The first-order valence-electron chi connectivity index (χ1n) is 7.23. The first-order chi connectivity index (χ1) is 12.3. The molecular formula is C16H12BrN3O5S. The van der Waals surface area contributed by atoms with Gasteiger partial charge in [0.15, 0.2) is 0 Å². The summed E-state index contributed by atoms with van der Waals surface area (Å²) in [6.07, 6.45) is 0. The van der Waals surface area contributed by atoms with Crippen molar-refractivity contribution in [1.29, 1.82) is 0 Å². The number of aromatic nitrogens is 2. The van der Waals surface area contributed by atoms with Gasteiger partial charge in [-0.25, -0.2) is 13.2 Å². The van der Waals surface area contributed by atoms with Crippen LogP contribution in [0.1, 0.15) is 16.2 Å². The highest BCUT2D eigenvalue weighted by Gasteiger charge is 2.21. The number of hydrogen-bond donors (Lipinski definition) is 2. The Hall–Kier alpha value is -2.72. The van der Waals surface area contributed by atoms with Gasteiger partial charge >= 0.3 is 5.97 Å². The second-order valence-corrected chi connectivity index (χ2v) is 7.73. The molecule has 1 aromatic heterocycles. The van der Waals surface area contributed by atoms with Crippen molar-refractivity contribution in [2.24, 2.45) is 0 Å².